The topological polar surface area (TPSA) is 42.0 Å². The molecule has 1 aliphatic carbocycles. The van der Waals surface area contributed by atoms with Gasteiger partial charge in [-0.25, -0.2) is 4.39 Å². The molecule has 1 aliphatic rings. The van der Waals surface area contributed by atoms with Crippen LogP contribution in [0.4, 0.5) is 4.39 Å². The van der Waals surface area contributed by atoms with E-state index in [0.717, 1.165) is 36.9 Å². The molecule has 22 heavy (non-hydrogen) atoms. The van der Waals surface area contributed by atoms with Gasteiger partial charge in [-0.2, -0.15) is 0 Å². The highest BCUT2D eigenvalue weighted by molar-refractivity contribution is 5.88. The molecule has 0 saturated heterocycles. The van der Waals surface area contributed by atoms with Crippen LogP contribution in [0.1, 0.15) is 36.9 Å². The number of carbonyl (C=O) groups excluding carboxylic acids is 1. The average molecular weight is 298 g/mol. The van der Waals surface area contributed by atoms with Gasteiger partial charge in [0.25, 0.3) is 0 Å². The van der Waals surface area contributed by atoms with Crippen molar-refractivity contribution in [1.82, 2.24) is 10.3 Å². The summed E-state index contributed by atoms with van der Waals surface area (Å²) in [7, 11) is 0. The Morgan fingerprint density at radius 2 is 2.00 bits per heavy atom. The molecule has 3 rings (SSSR count). The molecule has 1 aromatic heterocycles. The highest BCUT2D eigenvalue weighted by atomic mass is 19.1. The van der Waals surface area contributed by atoms with Gasteiger partial charge in [-0.15, -0.1) is 0 Å². The normalized spacial score (nSPS) is 16.4. The Morgan fingerprint density at radius 1 is 1.18 bits per heavy atom. The van der Waals surface area contributed by atoms with Crippen LogP contribution in [0.2, 0.25) is 0 Å². The van der Waals surface area contributed by atoms with Gasteiger partial charge in [0.1, 0.15) is 5.82 Å². The molecule has 1 saturated carbocycles. The quantitative estimate of drug-likeness (QED) is 0.940. The summed E-state index contributed by atoms with van der Waals surface area (Å²) in [6, 6.07) is 12.1. The van der Waals surface area contributed by atoms with Gasteiger partial charge in [0.05, 0.1) is 17.7 Å². The second kappa shape index (κ2) is 6.26. The number of rotatable bonds is 4. The van der Waals surface area contributed by atoms with Crippen molar-refractivity contribution in [1.29, 1.82) is 0 Å². The molecule has 1 aromatic carbocycles. The Morgan fingerprint density at radius 3 is 2.68 bits per heavy atom. The Labute approximate surface area is 129 Å². The van der Waals surface area contributed by atoms with Crippen LogP contribution in [-0.2, 0) is 16.8 Å². The zero-order valence-electron chi connectivity index (χ0n) is 12.4. The average Bonchev–Trinajstić information content (AvgIpc) is 3.05. The van der Waals surface area contributed by atoms with Crippen LogP contribution in [-0.4, -0.2) is 10.9 Å². The lowest BCUT2D eigenvalue weighted by atomic mass is 9.78. The number of benzene rings is 1. The second-order valence-electron chi connectivity index (χ2n) is 5.80. The van der Waals surface area contributed by atoms with Crippen LogP contribution in [0, 0.1) is 5.82 Å². The number of carbonyl (C=O) groups is 1. The SMILES string of the molecule is O=C(NCc1ccccn1)C1(c2cccc(F)c2)CCCC1. The fraction of sp³-hybridized carbons (Fsp3) is 0.333. The van der Waals surface area contributed by atoms with E-state index in [1.807, 2.05) is 24.3 Å². The maximum Gasteiger partial charge on any atom is 0.230 e. The van der Waals surface area contributed by atoms with Crippen LogP contribution in [0.25, 0.3) is 0 Å². The summed E-state index contributed by atoms with van der Waals surface area (Å²) < 4.78 is 13.6. The zero-order valence-corrected chi connectivity index (χ0v) is 12.4. The van der Waals surface area contributed by atoms with Crippen molar-refractivity contribution in [3.8, 4) is 0 Å². The Hall–Kier alpha value is -2.23. The third-order valence-corrected chi connectivity index (χ3v) is 4.43. The number of hydrogen-bond donors (Lipinski definition) is 1. The molecule has 1 heterocycles. The third kappa shape index (κ3) is 2.86. The minimum atomic E-state index is -0.600. The molecule has 4 heteroatoms. The summed E-state index contributed by atoms with van der Waals surface area (Å²) in [4.78, 5) is 17.0. The van der Waals surface area contributed by atoms with Crippen molar-refractivity contribution in [2.75, 3.05) is 0 Å². The van der Waals surface area contributed by atoms with Crippen LogP contribution in [0.5, 0.6) is 0 Å². The van der Waals surface area contributed by atoms with Gasteiger partial charge < -0.3 is 5.32 Å². The number of halogens is 1. The summed E-state index contributed by atoms with van der Waals surface area (Å²) in [5.41, 5.74) is 1.00. The van der Waals surface area contributed by atoms with Gasteiger partial charge in [-0.1, -0.05) is 31.0 Å². The predicted octanol–water partition coefficient (Wildman–Crippen LogP) is 3.35. The van der Waals surface area contributed by atoms with Crippen molar-refractivity contribution in [2.45, 2.75) is 37.6 Å². The van der Waals surface area contributed by atoms with E-state index in [1.165, 1.54) is 12.1 Å². The number of nitrogens with zero attached hydrogens (tertiary/aromatic N) is 1. The lowest BCUT2D eigenvalue weighted by molar-refractivity contribution is -0.126. The minimum absolute atomic E-state index is 0.0266. The highest BCUT2D eigenvalue weighted by Crippen LogP contribution is 2.41. The van der Waals surface area contributed by atoms with E-state index >= 15 is 0 Å². The first-order chi connectivity index (χ1) is 10.7. The maximum atomic E-state index is 13.6. The molecule has 0 radical (unpaired) electrons. The van der Waals surface area contributed by atoms with Crippen molar-refractivity contribution in [2.24, 2.45) is 0 Å². The van der Waals surface area contributed by atoms with E-state index in [2.05, 4.69) is 10.3 Å². The van der Waals surface area contributed by atoms with Crippen LogP contribution < -0.4 is 5.32 Å². The van der Waals surface area contributed by atoms with E-state index in [1.54, 1.807) is 12.3 Å². The Bertz CT molecular complexity index is 651. The molecule has 0 atom stereocenters. The molecule has 0 spiro atoms. The lowest BCUT2D eigenvalue weighted by Gasteiger charge is -2.28. The monoisotopic (exact) mass is 298 g/mol. The van der Waals surface area contributed by atoms with Gasteiger partial charge in [-0.05, 0) is 42.7 Å². The first-order valence-corrected chi connectivity index (χ1v) is 7.65. The van der Waals surface area contributed by atoms with E-state index in [0.29, 0.717) is 6.54 Å². The van der Waals surface area contributed by atoms with E-state index in [4.69, 9.17) is 0 Å². The van der Waals surface area contributed by atoms with Gasteiger partial charge >= 0.3 is 0 Å². The maximum absolute atomic E-state index is 13.6. The van der Waals surface area contributed by atoms with E-state index in [-0.39, 0.29) is 11.7 Å². The fourth-order valence-electron chi connectivity index (χ4n) is 3.25. The van der Waals surface area contributed by atoms with E-state index < -0.39 is 5.41 Å². The standard InChI is InChI=1S/C18H19FN2O/c19-15-7-5-6-14(12-15)18(9-2-3-10-18)17(22)21-13-16-8-1-4-11-20-16/h1,4-8,11-12H,2-3,9-10,13H2,(H,21,22). The number of aromatic nitrogens is 1. The van der Waals surface area contributed by atoms with Crippen molar-refractivity contribution in [3.63, 3.8) is 0 Å². The first-order valence-electron chi connectivity index (χ1n) is 7.65. The number of hydrogen-bond acceptors (Lipinski definition) is 2. The molecular formula is C18H19FN2O. The zero-order chi connectivity index (χ0) is 15.4. The summed E-state index contributed by atoms with van der Waals surface area (Å²) in [6.45, 7) is 0.400. The molecule has 1 N–H and O–H groups in total. The first kappa shape index (κ1) is 14.7. The Kier molecular flexibility index (Phi) is 4.18. The summed E-state index contributed by atoms with van der Waals surface area (Å²) in [5.74, 6) is -0.317. The molecule has 0 aliphatic heterocycles. The summed E-state index contributed by atoms with van der Waals surface area (Å²) in [5, 5.41) is 2.98. The molecule has 1 fully saturated rings. The molecule has 2 aromatic rings. The molecule has 0 bridgehead atoms. The second-order valence-corrected chi connectivity index (χ2v) is 5.80. The Balaban J connectivity index is 1.80. The smallest absolute Gasteiger partial charge is 0.230 e. The lowest BCUT2D eigenvalue weighted by Crippen LogP contribution is -2.42. The largest absolute Gasteiger partial charge is 0.350 e. The van der Waals surface area contributed by atoms with Crippen molar-refractivity contribution in [3.05, 3.63) is 65.7 Å². The third-order valence-electron chi connectivity index (χ3n) is 4.43. The van der Waals surface area contributed by atoms with Crippen LogP contribution >= 0.6 is 0 Å². The summed E-state index contributed by atoms with van der Waals surface area (Å²) in [6.07, 6.45) is 5.23. The van der Waals surface area contributed by atoms with Crippen LogP contribution in [0.15, 0.2) is 48.7 Å². The van der Waals surface area contributed by atoms with Crippen molar-refractivity contribution < 1.29 is 9.18 Å². The van der Waals surface area contributed by atoms with E-state index in [9.17, 15) is 9.18 Å². The number of amides is 1. The molecule has 3 nitrogen and oxygen atoms in total. The number of pyridine rings is 1. The fourth-order valence-corrected chi connectivity index (χ4v) is 3.25. The number of nitrogens with one attached hydrogen (secondary N) is 1. The molecule has 1 amide bonds. The minimum Gasteiger partial charge on any atom is -0.350 e. The molecule has 0 unspecified atom stereocenters. The summed E-state index contributed by atoms with van der Waals surface area (Å²) >= 11 is 0. The van der Waals surface area contributed by atoms with Gasteiger partial charge in [0.15, 0.2) is 0 Å². The van der Waals surface area contributed by atoms with Gasteiger partial charge in [-0.3, -0.25) is 9.78 Å². The van der Waals surface area contributed by atoms with Gasteiger partial charge in [0.2, 0.25) is 5.91 Å². The molecular weight excluding hydrogens is 279 g/mol. The molecule has 114 valence electrons. The van der Waals surface area contributed by atoms with Crippen molar-refractivity contribution >= 4 is 5.91 Å². The van der Waals surface area contributed by atoms with Gasteiger partial charge in [0, 0.05) is 6.20 Å². The highest BCUT2D eigenvalue weighted by Gasteiger charge is 2.42. The van der Waals surface area contributed by atoms with Crippen LogP contribution in [0.3, 0.4) is 0 Å². The predicted molar refractivity (Wildman–Crippen MR) is 82.6 cm³/mol.